The summed E-state index contributed by atoms with van der Waals surface area (Å²) in [4.78, 5) is 14.4. The summed E-state index contributed by atoms with van der Waals surface area (Å²) in [6.45, 7) is 7.30. The molecule has 1 aliphatic rings. The fourth-order valence-electron chi connectivity index (χ4n) is 2.34. The zero-order valence-corrected chi connectivity index (χ0v) is 12.5. The van der Waals surface area contributed by atoms with Gasteiger partial charge in [-0.25, -0.2) is 0 Å². The zero-order valence-electron chi connectivity index (χ0n) is 10.9. The van der Waals surface area contributed by atoms with Crippen molar-refractivity contribution in [3.05, 3.63) is 33.8 Å². The number of benzene rings is 1. The van der Waals surface area contributed by atoms with Gasteiger partial charge in [0.05, 0.1) is 12.2 Å². The third-order valence-electron chi connectivity index (χ3n) is 3.14. The first kappa shape index (κ1) is 13.6. The van der Waals surface area contributed by atoms with E-state index in [1.807, 2.05) is 43.9 Å². The number of halogens is 1. The molecule has 4 heteroatoms. The van der Waals surface area contributed by atoms with E-state index in [2.05, 4.69) is 15.9 Å². The van der Waals surface area contributed by atoms with Crippen LogP contribution in [0.4, 0.5) is 0 Å². The summed E-state index contributed by atoms with van der Waals surface area (Å²) < 4.78 is 6.59. The highest BCUT2D eigenvalue weighted by Crippen LogP contribution is 2.20. The molecule has 98 valence electrons. The molecule has 18 heavy (non-hydrogen) atoms. The van der Waals surface area contributed by atoms with Crippen molar-refractivity contribution in [1.82, 2.24) is 4.90 Å². The van der Waals surface area contributed by atoms with Crippen LogP contribution in [-0.4, -0.2) is 36.1 Å². The van der Waals surface area contributed by atoms with Crippen LogP contribution in [0.25, 0.3) is 0 Å². The second-order valence-electron chi connectivity index (χ2n) is 4.93. The van der Waals surface area contributed by atoms with E-state index in [0.29, 0.717) is 13.1 Å². The van der Waals surface area contributed by atoms with Gasteiger partial charge in [-0.05, 0) is 38.5 Å². The van der Waals surface area contributed by atoms with Crippen LogP contribution < -0.4 is 0 Å². The minimum absolute atomic E-state index is 0.0933. The van der Waals surface area contributed by atoms with Gasteiger partial charge >= 0.3 is 0 Å². The Kier molecular flexibility index (Phi) is 4.07. The summed E-state index contributed by atoms with van der Waals surface area (Å²) in [6.07, 6.45) is 0.204. The Labute approximate surface area is 116 Å². The van der Waals surface area contributed by atoms with Gasteiger partial charge in [-0.3, -0.25) is 4.79 Å². The maximum Gasteiger partial charge on any atom is 0.254 e. The molecule has 0 unspecified atom stereocenters. The molecule has 0 aromatic heterocycles. The van der Waals surface area contributed by atoms with E-state index in [9.17, 15) is 4.79 Å². The minimum Gasteiger partial charge on any atom is -0.372 e. The molecule has 2 atom stereocenters. The van der Waals surface area contributed by atoms with Crippen molar-refractivity contribution in [1.29, 1.82) is 0 Å². The molecule has 1 saturated heterocycles. The van der Waals surface area contributed by atoms with Gasteiger partial charge in [0.2, 0.25) is 0 Å². The number of rotatable bonds is 1. The molecule has 1 aliphatic heterocycles. The average molecular weight is 312 g/mol. The Hall–Kier alpha value is -0.870. The van der Waals surface area contributed by atoms with Crippen molar-refractivity contribution in [2.24, 2.45) is 0 Å². The molecular weight excluding hydrogens is 294 g/mol. The van der Waals surface area contributed by atoms with E-state index in [-0.39, 0.29) is 18.1 Å². The molecule has 0 spiro atoms. The maximum absolute atomic E-state index is 12.5. The average Bonchev–Trinajstić information content (AvgIpc) is 2.30. The maximum atomic E-state index is 12.5. The van der Waals surface area contributed by atoms with Crippen LogP contribution in [-0.2, 0) is 4.74 Å². The molecular formula is C14H18BrNO2. The number of nitrogens with zero attached hydrogens (tertiary/aromatic N) is 1. The van der Waals surface area contributed by atoms with Gasteiger partial charge in [-0.2, -0.15) is 0 Å². The van der Waals surface area contributed by atoms with Crippen molar-refractivity contribution in [3.63, 3.8) is 0 Å². The summed E-state index contributed by atoms with van der Waals surface area (Å²) in [5.74, 6) is 0.0933. The molecule has 1 heterocycles. The summed E-state index contributed by atoms with van der Waals surface area (Å²) in [5.41, 5.74) is 1.78. The third-order valence-corrected chi connectivity index (χ3v) is 3.63. The van der Waals surface area contributed by atoms with Crippen molar-refractivity contribution in [3.8, 4) is 0 Å². The molecule has 0 bridgehead atoms. The fraction of sp³-hybridized carbons (Fsp3) is 0.500. The monoisotopic (exact) mass is 311 g/mol. The van der Waals surface area contributed by atoms with Gasteiger partial charge < -0.3 is 9.64 Å². The van der Waals surface area contributed by atoms with E-state index in [1.54, 1.807) is 0 Å². The minimum atomic E-state index is 0.0933. The van der Waals surface area contributed by atoms with Crippen LogP contribution in [0.15, 0.2) is 22.7 Å². The van der Waals surface area contributed by atoms with E-state index in [0.717, 1.165) is 15.6 Å². The van der Waals surface area contributed by atoms with Crippen LogP contribution in [0.3, 0.4) is 0 Å². The predicted molar refractivity (Wildman–Crippen MR) is 74.8 cm³/mol. The van der Waals surface area contributed by atoms with Crippen LogP contribution in [0.2, 0.25) is 0 Å². The molecule has 2 rings (SSSR count). The molecule has 1 aromatic carbocycles. The molecule has 3 nitrogen and oxygen atoms in total. The number of morpholine rings is 1. The molecule has 1 fully saturated rings. The molecule has 1 aromatic rings. The predicted octanol–water partition coefficient (Wildman–Crippen LogP) is 3.01. The van der Waals surface area contributed by atoms with Gasteiger partial charge in [0.25, 0.3) is 5.91 Å². The number of hydrogen-bond donors (Lipinski definition) is 0. The van der Waals surface area contributed by atoms with Crippen molar-refractivity contribution < 1.29 is 9.53 Å². The first-order valence-electron chi connectivity index (χ1n) is 6.18. The topological polar surface area (TPSA) is 29.5 Å². The molecule has 0 saturated carbocycles. The lowest BCUT2D eigenvalue weighted by Gasteiger charge is -2.35. The van der Waals surface area contributed by atoms with Gasteiger partial charge in [-0.15, -0.1) is 0 Å². The lowest BCUT2D eigenvalue weighted by Crippen LogP contribution is -2.48. The molecule has 0 aliphatic carbocycles. The summed E-state index contributed by atoms with van der Waals surface area (Å²) in [6, 6.07) is 5.81. The van der Waals surface area contributed by atoms with Crippen molar-refractivity contribution in [2.45, 2.75) is 33.0 Å². The molecule has 0 radical (unpaired) electrons. The van der Waals surface area contributed by atoms with Crippen LogP contribution in [0.5, 0.6) is 0 Å². The lowest BCUT2D eigenvalue weighted by atomic mass is 10.1. The summed E-state index contributed by atoms with van der Waals surface area (Å²) in [7, 11) is 0. The standard InChI is InChI=1S/C14H18BrNO2/c1-9-4-5-12(15)6-13(9)14(17)16-7-10(2)18-11(3)8-16/h4-6,10-11H,7-8H2,1-3H3/t10-,11+. The smallest absolute Gasteiger partial charge is 0.254 e. The first-order chi connectivity index (χ1) is 8.47. The normalized spacial score (nSPS) is 24.1. The highest BCUT2D eigenvalue weighted by atomic mass is 79.9. The Bertz CT molecular complexity index is 451. The summed E-state index contributed by atoms with van der Waals surface area (Å²) >= 11 is 3.42. The van der Waals surface area contributed by atoms with Crippen LogP contribution >= 0.6 is 15.9 Å². The Morgan fingerprint density at radius 3 is 2.56 bits per heavy atom. The highest BCUT2D eigenvalue weighted by Gasteiger charge is 2.27. The lowest BCUT2D eigenvalue weighted by molar-refractivity contribution is -0.0586. The van der Waals surface area contributed by atoms with E-state index in [4.69, 9.17) is 4.74 Å². The van der Waals surface area contributed by atoms with Crippen LogP contribution in [0.1, 0.15) is 29.8 Å². The number of carbonyl (C=O) groups is 1. The number of ether oxygens (including phenoxy) is 1. The number of aryl methyl sites for hydroxylation is 1. The van der Waals surface area contributed by atoms with Gasteiger partial charge in [-0.1, -0.05) is 22.0 Å². The first-order valence-corrected chi connectivity index (χ1v) is 6.97. The highest BCUT2D eigenvalue weighted by molar-refractivity contribution is 9.10. The van der Waals surface area contributed by atoms with Crippen molar-refractivity contribution >= 4 is 21.8 Å². The third kappa shape index (κ3) is 2.93. The van der Waals surface area contributed by atoms with Gasteiger partial charge in [0.1, 0.15) is 0 Å². The zero-order chi connectivity index (χ0) is 13.3. The van der Waals surface area contributed by atoms with E-state index in [1.165, 1.54) is 0 Å². The van der Waals surface area contributed by atoms with Gasteiger partial charge in [0.15, 0.2) is 0 Å². The SMILES string of the molecule is Cc1ccc(Br)cc1C(=O)N1C[C@@H](C)O[C@@H](C)C1. The largest absolute Gasteiger partial charge is 0.372 e. The van der Waals surface area contributed by atoms with E-state index < -0.39 is 0 Å². The molecule has 1 amide bonds. The van der Waals surface area contributed by atoms with E-state index >= 15 is 0 Å². The second kappa shape index (κ2) is 5.41. The number of carbonyl (C=O) groups excluding carboxylic acids is 1. The number of hydrogen-bond acceptors (Lipinski definition) is 2. The summed E-state index contributed by atoms with van der Waals surface area (Å²) in [5, 5.41) is 0. The Balaban J connectivity index is 2.22. The number of amides is 1. The fourth-order valence-corrected chi connectivity index (χ4v) is 2.70. The quantitative estimate of drug-likeness (QED) is 0.798. The Morgan fingerprint density at radius 1 is 1.33 bits per heavy atom. The second-order valence-corrected chi connectivity index (χ2v) is 5.84. The molecule has 0 N–H and O–H groups in total. The van der Waals surface area contributed by atoms with Crippen molar-refractivity contribution in [2.75, 3.05) is 13.1 Å². The Morgan fingerprint density at radius 2 is 1.94 bits per heavy atom. The van der Waals surface area contributed by atoms with Crippen LogP contribution in [0, 0.1) is 6.92 Å². The van der Waals surface area contributed by atoms with Gasteiger partial charge in [0, 0.05) is 23.1 Å².